The molecule has 2 aromatic carbocycles. The molecule has 0 radical (unpaired) electrons. The van der Waals surface area contributed by atoms with Crippen molar-refractivity contribution >= 4 is 28.9 Å². The topological polar surface area (TPSA) is 89.7 Å². The van der Waals surface area contributed by atoms with E-state index in [1.807, 2.05) is 0 Å². The molecule has 1 aromatic heterocycles. The Labute approximate surface area is 141 Å². The Morgan fingerprint density at radius 3 is 2.48 bits per heavy atom. The van der Waals surface area contributed by atoms with Crippen molar-refractivity contribution in [1.82, 2.24) is 9.88 Å². The van der Waals surface area contributed by atoms with Gasteiger partial charge < -0.3 is 9.15 Å². The molecular formula is C18H12N2O5. The maximum absolute atomic E-state index is 12.4. The minimum Gasteiger partial charge on any atom is -0.443 e. The molecule has 0 saturated carbocycles. The van der Waals surface area contributed by atoms with Gasteiger partial charge in [-0.15, -0.1) is 0 Å². The van der Waals surface area contributed by atoms with Crippen LogP contribution in [0.1, 0.15) is 27.6 Å². The molecule has 2 heterocycles. The zero-order chi connectivity index (χ0) is 17.6. The van der Waals surface area contributed by atoms with E-state index in [1.54, 1.807) is 42.5 Å². The Balaban J connectivity index is 1.56. The largest absolute Gasteiger partial charge is 0.443 e. The van der Waals surface area contributed by atoms with Gasteiger partial charge in [-0.25, -0.2) is 9.78 Å². The lowest BCUT2D eigenvalue weighted by atomic mass is 10.1. The van der Waals surface area contributed by atoms with Gasteiger partial charge in [0.2, 0.25) is 0 Å². The molecule has 124 valence electrons. The molecule has 2 amide bonds. The second kappa shape index (κ2) is 5.55. The average molecular weight is 336 g/mol. The minimum atomic E-state index is -1.06. The summed E-state index contributed by atoms with van der Waals surface area (Å²) in [5.74, 6) is -1.46. The van der Waals surface area contributed by atoms with Crippen molar-refractivity contribution in [3.05, 3.63) is 60.0 Å². The highest BCUT2D eigenvalue weighted by Crippen LogP contribution is 2.26. The van der Waals surface area contributed by atoms with E-state index in [-0.39, 0.29) is 16.9 Å². The monoisotopic (exact) mass is 336 g/mol. The maximum atomic E-state index is 12.4. The first-order chi connectivity index (χ1) is 12.1. The number of amides is 2. The van der Waals surface area contributed by atoms with Crippen molar-refractivity contribution in [2.45, 2.75) is 13.0 Å². The van der Waals surface area contributed by atoms with Crippen molar-refractivity contribution in [3.8, 4) is 5.75 Å². The van der Waals surface area contributed by atoms with Gasteiger partial charge in [0, 0.05) is 6.07 Å². The van der Waals surface area contributed by atoms with Crippen molar-refractivity contribution in [1.29, 1.82) is 0 Å². The second-order valence-corrected chi connectivity index (χ2v) is 5.60. The Morgan fingerprint density at radius 1 is 1.12 bits per heavy atom. The first kappa shape index (κ1) is 15.1. The SMILES string of the molecule is CC(C(=O)Oc1ccc2ocnc2c1)N1C(=O)c2ccccc2C1=O. The van der Waals surface area contributed by atoms with E-state index in [4.69, 9.17) is 9.15 Å². The third-order valence-corrected chi connectivity index (χ3v) is 4.07. The van der Waals surface area contributed by atoms with E-state index in [0.29, 0.717) is 11.1 Å². The van der Waals surface area contributed by atoms with Crippen LogP contribution in [-0.2, 0) is 4.79 Å². The highest BCUT2D eigenvalue weighted by Gasteiger charge is 2.41. The van der Waals surface area contributed by atoms with Crippen molar-refractivity contribution < 1.29 is 23.5 Å². The van der Waals surface area contributed by atoms with Crippen LogP contribution < -0.4 is 4.74 Å². The maximum Gasteiger partial charge on any atom is 0.334 e. The minimum absolute atomic E-state index is 0.259. The number of nitrogens with zero attached hydrogens (tertiary/aromatic N) is 2. The Hall–Kier alpha value is -3.48. The summed E-state index contributed by atoms with van der Waals surface area (Å²) in [7, 11) is 0. The highest BCUT2D eigenvalue weighted by atomic mass is 16.5. The third-order valence-electron chi connectivity index (χ3n) is 4.07. The average Bonchev–Trinajstić information content (AvgIpc) is 3.18. The van der Waals surface area contributed by atoms with E-state index < -0.39 is 23.8 Å². The Bertz CT molecular complexity index is 988. The number of fused-ring (bicyclic) bond motifs is 2. The van der Waals surface area contributed by atoms with Crippen LogP contribution in [0, 0.1) is 0 Å². The molecular weight excluding hydrogens is 324 g/mol. The molecule has 7 heteroatoms. The molecule has 1 unspecified atom stereocenters. The lowest BCUT2D eigenvalue weighted by Gasteiger charge is -2.20. The smallest absolute Gasteiger partial charge is 0.334 e. The third kappa shape index (κ3) is 2.37. The number of imide groups is 1. The van der Waals surface area contributed by atoms with E-state index >= 15 is 0 Å². The van der Waals surface area contributed by atoms with Gasteiger partial charge in [0.15, 0.2) is 12.0 Å². The van der Waals surface area contributed by atoms with E-state index in [0.717, 1.165) is 4.90 Å². The van der Waals surface area contributed by atoms with Crippen molar-refractivity contribution in [2.75, 3.05) is 0 Å². The summed E-state index contributed by atoms with van der Waals surface area (Å²) >= 11 is 0. The van der Waals surface area contributed by atoms with Gasteiger partial charge in [0.25, 0.3) is 11.8 Å². The molecule has 0 N–H and O–H groups in total. The van der Waals surface area contributed by atoms with E-state index in [1.165, 1.54) is 13.3 Å². The van der Waals surface area contributed by atoms with Gasteiger partial charge in [-0.2, -0.15) is 0 Å². The van der Waals surface area contributed by atoms with Crippen LogP contribution in [0.2, 0.25) is 0 Å². The number of oxazole rings is 1. The lowest BCUT2D eigenvalue weighted by Crippen LogP contribution is -2.44. The number of carbonyl (C=O) groups excluding carboxylic acids is 3. The fourth-order valence-corrected chi connectivity index (χ4v) is 2.77. The van der Waals surface area contributed by atoms with Crippen LogP contribution in [0.25, 0.3) is 11.1 Å². The molecule has 0 bridgehead atoms. The van der Waals surface area contributed by atoms with Crippen LogP contribution in [-0.4, -0.2) is 33.7 Å². The summed E-state index contributed by atoms with van der Waals surface area (Å²) in [4.78, 5) is 42.1. The Kier molecular flexibility index (Phi) is 3.35. The number of hydrogen-bond acceptors (Lipinski definition) is 6. The first-order valence-electron chi connectivity index (χ1n) is 7.58. The summed E-state index contributed by atoms with van der Waals surface area (Å²) in [5.41, 5.74) is 1.68. The number of hydrogen-bond donors (Lipinski definition) is 0. The summed E-state index contributed by atoms with van der Waals surface area (Å²) in [6, 6.07) is 10.1. The number of ether oxygens (including phenoxy) is 1. The Morgan fingerprint density at radius 2 is 1.80 bits per heavy atom. The van der Waals surface area contributed by atoms with Gasteiger partial charge in [0.05, 0.1) is 11.1 Å². The number of carbonyl (C=O) groups is 3. The molecule has 3 aromatic rings. The molecule has 0 spiro atoms. The number of esters is 1. The predicted molar refractivity (Wildman–Crippen MR) is 86.0 cm³/mol. The summed E-state index contributed by atoms with van der Waals surface area (Å²) < 4.78 is 10.4. The van der Waals surface area contributed by atoms with E-state index in [2.05, 4.69) is 4.98 Å². The van der Waals surface area contributed by atoms with E-state index in [9.17, 15) is 14.4 Å². The van der Waals surface area contributed by atoms with Crippen LogP contribution in [0.15, 0.2) is 53.3 Å². The molecule has 7 nitrogen and oxygen atoms in total. The molecule has 1 aliphatic heterocycles. The van der Waals surface area contributed by atoms with Gasteiger partial charge in [-0.3, -0.25) is 14.5 Å². The van der Waals surface area contributed by atoms with Gasteiger partial charge in [-0.05, 0) is 31.2 Å². The van der Waals surface area contributed by atoms with Gasteiger partial charge in [0.1, 0.15) is 17.3 Å². The highest BCUT2D eigenvalue weighted by molar-refractivity contribution is 6.22. The molecule has 4 rings (SSSR count). The van der Waals surface area contributed by atoms with Gasteiger partial charge >= 0.3 is 5.97 Å². The van der Waals surface area contributed by atoms with Crippen molar-refractivity contribution in [3.63, 3.8) is 0 Å². The normalized spacial score (nSPS) is 14.7. The number of aromatic nitrogens is 1. The molecule has 1 aliphatic rings. The number of rotatable bonds is 3. The van der Waals surface area contributed by atoms with Crippen LogP contribution in [0.4, 0.5) is 0 Å². The van der Waals surface area contributed by atoms with Crippen LogP contribution in [0.3, 0.4) is 0 Å². The fourth-order valence-electron chi connectivity index (χ4n) is 2.77. The summed E-state index contributed by atoms with van der Waals surface area (Å²) in [5, 5.41) is 0. The fraction of sp³-hybridized carbons (Fsp3) is 0.111. The van der Waals surface area contributed by atoms with Crippen LogP contribution >= 0.6 is 0 Å². The molecule has 0 aliphatic carbocycles. The standard InChI is InChI=1S/C18H12N2O5/c1-10(20-16(21)12-4-2-3-5-13(12)17(20)22)18(23)25-11-6-7-15-14(8-11)19-9-24-15/h2-10H,1H3. The second-order valence-electron chi connectivity index (χ2n) is 5.60. The molecule has 1 atom stereocenters. The number of benzene rings is 2. The molecule has 0 fully saturated rings. The van der Waals surface area contributed by atoms with Crippen molar-refractivity contribution in [2.24, 2.45) is 0 Å². The summed E-state index contributed by atoms with van der Waals surface area (Å²) in [6.45, 7) is 1.46. The zero-order valence-electron chi connectivity index (χ0n) is 13.1. The molecule has 25 heavy (non-hydrogen) atoms. The van der Waals surface area contributed by atoms with Crippen LogP contribution in [0.5, 0.6) is 5.75 Å². The quantitative estimate of drug-likeness (QED) is 0.414. The zero-order valence-corrected chi connectivity index (χ0v) is 13.1. The summed E-state index contributed by atoms with van der Waals surface area (Å²) in [6.07, 6.45) is 1.29. The molecule has 0 saturated heterocycles. The van der Waals surface area contributed by atoms with Gasteiger partial charge in [-0.1, -0.05) is 12.1 Å². The first-order valence-corrected chi connectivity index (χ1v) is 7.58. The lowest BCUT2D eigenvalue weighted by molar-refractivity contribution is -0.138. The predicted octanol–water partition coefficient (Wildman–Crippen LogP) is 2.42.